The van der Waals surface area contributed by atoms with Crippen LogP contribution in [0.15, 0.2) is 12.5 Å². The topological polar surface area (TPSA) is 220 Å². The number of aliphatic hydroxyl groups is 1. The number of carboxylic acid groups (broad SMARTS) is 1. The van der Waals surface area contributed by atoms with E-state index in [9.17, 15) is 34.2 Å². The van der Waals surface area contributed by atoms with E-state index in [0.717, 1.165) is 0 Å². The van der Waals surface area contributed by atoms with Crippen LogP contribution >= 0.6 is 0 Å². The molecule has 5 atom stereocenters. The molecule has 0 radical (unpaired) electrons. The lowest BCUT2D eigenvalue weighted by atomic mass is 10.0. The minimum absolute atomic E-state index is 0.0458. The van der Waals surface area contributed by atoms with Crippen molar-refractivity contribution in [1.82, 2.24) is 30.8 Å². The quantitative estimate of drug-likeness (QED) is 0.143. The summed E-state index contributed by atoms with van der Waals surface area (Å²) in [6, 6.07) is -5.40. The van der Waals surface area contributed by atoms with E-state index < -0.39 is 60.5 Å². The number of carbonyl (C=O) groups excluding carboxylic acids is 4. The molecule has 2 rings (SSSR count). The molecule has 39 heavy (non-hydrogen) atoms. The number of carboxylic acids is 1. The van der Waals surface area contributed by atoms with Gasteiger partial charge in [0.1, 0.15) is 24.2 Å². The first-order valence-corrected chi connectivity index (χ1v) is 13.1. The number of hydrogen-bond donors (Lipinski definition) is 7. The second-order valence-electron chi connectivity index (χ2n) is 10.6. The van der Waals surface area contributed by atoms with Gasteiger partial charge in [-0.3, -0.25) is 19.2 Å². The highest BCUT2D eigenvalue weighted by molar-refractivity contribution is 5.95. The fourth-order valence-corrected chi connectivity index (χ4v) is 4.31. The lowest BCUT2D eigenvalue weighted by molar-refractivity contribution is -0.142. The average molecular weight is 552 g/mol. The first-order valence-electron chi connectivity index (χ1n) is 13.1. The highest BCUT2D eigenvalue weighted by atomic mass is 16.4. The third kappa shape index (κ3) is 9.03. The fraction of sp³-hybridized carbons (Fsp3) is 0.680. The number of nitrogens with zero attached hydrogens (tertiary/aromatic N) is 2. The van der Waals surface area contributed by atoms with Gasteiger partial charge in [0, 0.05) is 24.9 Å². The number of carbonyl (C=O) groups is 5. The molecule has 8 N–H and O–H groups in total. The summed E-state index contributed by atoms with van der Waals surface area (Å²) >= 11 is 0. The highest BCUT2D eigenvalue weighted by Crippen LogP contribution is 2.20. The van der Waals surface area contributed by atoms with Crippen LogP contribution in [0.2, 0.25) is 0 Å². The summed E-state index contributed by atoms with van der Waals surface area (Å²) in [5.74, 6) is -3.94. The molecule has 2 heterocycles. The normalized spacial score (nSPS) is 18.4. The largest absolute Gasteiger partial charge is 0.480 e. The molecular formula is C25H41N7O7. The molecule has 1 saturated heterocycles. The van der Waals surface area contributed by atoms with Gasteiger partial charge in [-0.1, -0.05) is 27.7 Å². The van der Waals surface area contributed by atoms with Crippen molar-refractivity contribution < 1.29 is 34.2 Å². The smallest absolute Gasteiger partial charge is 0.326 e. The van der Waals surface area contributed by atoms with Gasteiger partial charge in [0.15, 0.2) is 0 Å². The van der Waals surface area contributed by atoms with Crippen LogP contribution in [0.5, 0.6) is 0 Å². The number of H-pyrrole nitrogens is 1. The number of nitrogens with two attached hydrogens (primary N) is 1. The Bertz CT molecular complexity index is 999. The molecule has 1 aliphatic rings. The number of aromatic amines is 1. The predicted molar refractivity (Wildman–Crippen MR) is 140 cm³/mol. The number of likely N-dealkylation sites (tertiary alicyclic amines) is 1. The summed E-state index contributed by atoms with van der Waals surface area (Å²) in [6.07, 6.45) is 3.94. The number of nitrogens with one attached hydrogen (secondary N) is 4. The minimum Gasteiger partial charge on any atom is -0.480 e. The van der Waals surface area contributed by atoms with Gasteiger partial charge in [0.25, 0.3) is 0 Å². The van der Waals surface area contributed by atoms with E-state index in [1.165, 1.54) is 17.4 Å². The van der Waals surface area contributed by atoms with Gasteiger partial charge in [-0.25, -0.2) is 9.78 Å². The summed E-state index contributed by atoms with van der Waals surface area (Å²) in [7, 11) is 0. The van der Waals surface area contributed by atoms with Crippen molar-refractivity contribution in [2.45, 2.75) is 83.6 Å². The Hall–Kier alpha value is -3.52. The maximum Gasteiger partial charge on any atom is 0.326 e. The summed E-state index contributed by atoms with van der Waals surface area (Å²) in [4.78, 5) is 71.5. The van der Waals surface area contributed by atoms with Crippen LogP contribution in [0.3, 0.4) is 0 Å². The van der Waals surface area contributed by atoms with Gasteiger partial charge in [-0.15, -0.1) is 0 Å². The Morgan fingerprint density at radius 2 is 1.72 bits per heavy atom. The van der Waals surface area contributed by atoms with Gasteiger partial charge in [-0.2, -0.15) is 0 Å². The molecule has 1 aliphatic heterocycles. The SMILES string of the molecule is CC(C)C[C@H](NC(=O)[C@H](CO)NC(=O)[C@@H]1CCCN1C(=O)[C@@H](N)C(C)C)C(=O)N[C@@H](Cc1cnc[nH]1)C(=O)O. The molecule has 14 nitrogen and oxygen atoms in total. The van der Waals surface area contributed by atoms with E-state index >= 15 is 0 Å². The van der Waals surface area contributed by atoms with E-state index in [2.05, 4.69) is 25.9 Å². The highest BCUT2D eigenvalue weighted by Gasteiger charge is 2.38. The number of hydrogen-bond acceptors (Lipinski definition) is 8. The Kier molecular flexibility index (Phi) is 11.9. The van der Waals surface area contributed by atoms with Gasteiger partial charge in [-0.05, 0) is 31.1 Å². The summed E-state index contributed by atoms with van der Waals surface area (Å²) in [5, 5.41) is 26.9. The third-order valence-corrected chi connectivity index (χ3v) is 6.59. The average Bonchev–Trinajstić information content (AvgIpc) is 3.57. The molecule has 0 saturated carbocycles. The first kappa shape index (κ1) is 31.7. The van der Waals surface area contributed by atoms with Gasteiger partial charge < -0.3 is 41.8 Å². The standard InChI is InChI=1S/C25H41N7O7/c1-13(2)8-16(21(34)30-17(25(38)39)9-15-10-27-12-28-15)29-22(35)18(11-33)31-23(36)19-6-5-7-32(19)24(37)20(26)14(3)4/h10,12-14,16-20,33H,5-9,11,26H2,1-4H3,(H,27,28)(H,29,35)(H,30,34)(H,31,36)(H,38,39)/t16-,17-,18-,19-,20-/m0/s1. The molecule has 14 heteroatoms. The zero-order valence-corrected chi connectivity index (χ0v) is 22.8. The number of imidazole rings is 1. The van der Waals surface area contributed by atoms with Crippen molar-refractivity contribution in [2.75, 3.05) is 13.2 Å². The van der Waals surface area contributed by atoms with E-state index in [1.54, 1.807) is 13.8 Å². The lowest BCUT2D eigenvalue weighted by Crippen LogP contribution is -2.59. The first-order chi connectivity index (χ1) is 18.3. The van der Waals surface area contributed by atoms with Crippen molar-refractivity contribution in [3.05, 3.63) is 18.2 Å². The Balaban J connectivity index is 2.08. The van der Waals surface area contributed by atoms with Crippen LogP contribution in [-0.2, 0) is 30.4 Å². The molecule has 1 fully saturated rings. The zero-order chi connectivity index (χ0) is 29.3. The van der Waals surface area contributed by atoms with Gasteiger partial charge >= 0.3 is 5.97 Å². The van der Waals surface area contributed by atoms with E-state index in [1.807, 2.05) is 13.8 Å². The molecule has 218 valence electrons. The van der Waals surface area contributed by atoms with E-state index in [-0.39, 0.29) is 30.6 Å². The Morgan fingerprint density at radius 3 is 2.26 bits per heavy atom. The molecule has 4 amide bonds. The molecule has 1 aromatic heterocycles. The number of aliphatic hydroxyl groups excluding tert-OH is 1. The number of amides is 4. The Labute approximate surface area is 227 Å². The van der Waals surface area contributed by atoms with Crippen LogP contribution < -0.4 is 21.7 Å². The van der Waals surface area contributed by atoms with Crippen molar-refractivity contribution >= 4 is 29.6 Å². The third-order valence-electron chi connectivity index (χ3n) is 6.59. The molecule has 0 aliphatic carbocycles. The van der Waals surface area contributed by atoms with Crippen molar-refractivity contribution in [3.63, 3.8) is 0 Å². The summed E-state index contributed by atoms with van der Waals surface area (Å²) < 4.78 is 0. The molecular weight excluding hydrogens is 510 g/mol. The monoisotopic (exact) mass is 551 g/mol. The van der Waals surface area contributed by atoms with E-state index in [4.69, 9.17) is 5.73 Å². The number of aromatic nitrogens is 2. The van der Waals surface area contributed by atoms with Crippen LogP contribution in [-0.4, -0.2) is 98.0 Å². The fourth-order valence-electron chi connectivity index (χ4n) is 4.31. The molecule has 1 aromatic rings. The zero-order valence-electron chi connectivity index (χ0n) is 22.8. The molecule has 0 unspecified atom stereocenters. The van der Waals surface area contributed by atoms with Crippen molar-refractivity contribution in [1.29, 1.82) is 0 Å². The van der Waals surface area contributed by atoms with Crippen LogP contribution in [0.25, 0.3) is 0 Å². The van der Waals surface area contributed by atoms with Gasteiger partial charge in [0.2, 0.25) is 23.6 Å². The van der Waals surface area contributed by atoms with Crippen LogP contribution in [0.1, 0.15) is 52.7 Å². The van der Waals surface area contributed by atoms with Crippen LogP contribution in [0.4, 0.5) is 0 Å². The maximum atomic E-state index is 13.0. The Morgan fingerprint density at radius 1 is 1.08 bits per heavy atom. The number of aliphatic carboxylic acids is 1. The number of rotatable bonds is 14. The minimum atomic E-state index is -1.39. The summed E-state index contributed by atoms with van der Waals surface area (Å²) in [5.41, 5.74) is 6.49. The second-order valence-corrected chi connectivity index (χ2v) is 10.6. The molecule has 0 bridgehead atoms. The van der Waals surface area contributed by atoms with Crippen LogP contribution in [0, 0.1) is 11.8 Å². The summed E-state index contributed by atoms with van der Waals surface area (Å²) in [6.45, 7) is 6.86. The molecule has 0 aromatic carbocycles. The maximum absolute atomic E-state index is 13.0. The molecule has 0 spiro atoms. The predicted octanol–water partition coefficient (Wildman–Crippen LogP) is -1.50. The lowest BCUT2D eigenvalue weighted by Gasteiger charge is -2.29. The second kappa shape index (κ2) is 14.6. The van der Waals surface area contributed by atoms with Gasteiger partial charge in [0.05, 0.1) is 19.0 Å². The van der Waals surface area contributed by atoms with E-state index in [0.29, 0.717) is 25.1 Å². The van der Waals surface area contributed by atoms with Crippen molar-refractivity contribution in [2.24, 2.45) is 17.6 Å². The van der Waals surface area contributed by atoms with Crippen molar-refractivity contribution in [3.8, 4) is 0 Å².